The molecule has 2 aliphatic rings. The normalized spacial score (nSPS) is 29.5. The molecule has 6 rings (SSSR count). The number of aliphatic hydroxyl groups is 3. The number of nitrogens with zero attached hydrogens (tertiary/aromatic N) is 8. The number of rotatable bonds is 8. The fraction of sp³-hybridized carbons (Fsp3) is 0.481. The van der Waals surface area contributed by atoms with Gasteiger partial charge in [-0.1, -0.05) is 10.4 Å². The first kappa shape index (κ1) is 31.3. The molecule has 2 saturated heterocycles. The monoisotopic (exact) mass is 652 g/mol. The highest BCUT2D eigenvalue weighted by molar-refractivity contribution is 8.18. The van der Waals surface area contributed by atoms with Crippen molar-refractivity contribution < 1.29 is 42.7 Å². The van der Waals surface area contributed by atoms with Crippen LogP contribution in [0.2, 0.25) is 0 Å². The van der Waals surface area contributed by atoms with E-state index in [0.29, 0.717) is 23.0 Å². The molecule has 0 amide bonds. The minimum absolute atomic E-state index is 0.0405. The fourth-order valence-corrected chi connectivity index (χ4v) is 9.35. The van der Waals surface area contributed by atoms with Gasteiger partial charge < -0.3 is 29.5 Å². The molecule has 0 bridgehead atoms. The van der Waals surface area contributed by atoms with Crippen molar-refractivity contribution in [3.05, 3.63) is 54.4 Å². The van der Waals surface area contributed by atoms with E-state index in [1.54, 1.807) is 6.20 Å². The molecule has 2 fully saturated rings. The van der Waals surface area contributed by atoms with Crippen LogP contribution in [0.15, 0.2) is 36.9 Å². The maximum absolute atomic E-state index is 13.8. The first-order valence-electron chi connectivity index (χ1n) is 13.9. The van der Waals surface area contributed by atoms with E-state index in [-0.39, 0.29) is 24.5 Å². The molecular formula is C27H31F3N8O6S. The number of methoxy groups -OCH3 is 2. The van der Waals surface area contributed by atoms with E-state index in [4.69, 9.17) is 14.2 Å². The molecule has 2 aliphatic heterocycles. The van der Waals surface area contributed by atoms with Gasteiger partial charge in [-0.2, -0.15) is 0 Å². The molecular weight excluding hydrogens is 621 g/mol. The second-order valence-electron chi connectivity index (χ2n) is 10.7. The molecule has 242 valence electrons. The number of hydrogen-bond acceptors (Lipinski definition) is 12. The quantitative estimate of drug-likeness (QED) is 0.155. The van der Waals surface area contributed by atoms with E-state index in [9.17, 15) is 28.5 Å². The fourth-order valence-electron chi connectivity index (χ4n) is 5.87. The van der Waals surface area contributed by atoms with Crippen LogP contribution in [0.5, 0.6) is 5.75 Å². The van der Waals surface area contributed by atoms with Crippen molar-refractivity contribution in [1.82, 2.24) is 40.0 Å². The molecule has 45 heavy (non-hydrogen) atoms. The molecule has 0 radical (unpaired) electrons. The van der Waals surface area contributed by atoms with Crippen LogP contribution >= 0.6 is 10.9 Å². The Hall–Kier alpha value is -3.68. The Morgan fingerprint density at radius 1 is 0.956 bits per heavy atom. The zero-order valence-electron chi connectivity index (χ0n) is 24.1. The molecule has 0 saturated carbocycles. The highest BCUT2D eigenvalue weighted by Crippen LogP contribution is 2.51. The van der Waals surface area contributed by atoms with Gasteiger partial charge >= 0.3 is 0 Å². The lowest BCUT2D eigenvalue weighted by molar-refractivity contribution is -0.0339. The minimum Gasteiger partial charge on any atom is -0.494 e. The molecule has 0 aliphatic carbocycles. The van der Waals surface area contributed by atoms with Crippen LogP contribution in [-0.4, -0.2) is 124 Å². The van der Waals surface area contributed by atoms with E-state index in [0.717, 1.165) is 12.1 Å². The number of halogens is 3. The van der Waals surface area contributed by atoms with Gasteiger partial charge in [-0.25, -0.2) is 43.4 Å². The Bertz CT molecular complexity index is 1610. The summed E-state index contributed by atoms with van der Waals surface area (Å²) in [6, 6.07) is 0.158. The Balaban J connectivity index is 1.22. The summed E-state index contributed by atoms with van der Waals surface area (Å²) >= 11 is 0. The lowest BCUT2D eigenvalue weighted by Crippen LogP contribution is -2.55. The highest BCUT2D eigenvalue weighted by Gasteiger charge is 2.49. The maximum atomic E-state index is 13.8. The summed E-state index contributed by atoms with van der Waals surface area (Å²) in [5.41, 5.74) is 0.398. The van der Waals surface area contributed by atoms with Gasteiger partial charge in [0.25, 0.3) is 0 Å². The predicted molar refractivity (Wildman–Crippen MR) is 153 cm³/mol. The maximum Gasteiger partial charge on any atom is 0.194 e. The Kier molecular flexibility index (Phi) is 9.03. The molecule has 4 aromatic rings. The highest BCUT2D eigenvalue weighted by atomic mass is 32.2. The second-order valence-corrected chi connectivity index (χ2v) is 13.5. The van der Waals surface area contributed by atoms with Gasteiger partial charge in [0.1, 0.15) is 23.5 Å². The van der Waals surface area contributed by atoms with Crippen LogP contribution in [0.1, 0.15) is 12.1 Å². The standard InChI is InChI=1S/C27H31F3N8O6S/c1-42-14-5-31-27(32-6-14)18-8-37(35-34-18)19-10-44-11-22(25(19)40)45-12-20(43-2)24(26(41)21(45)9-39)38-7-17(33-36-38)13-3-15(28)23(30)16(29)4-13/h3-8,19-22,24-26,39-41,45H,9-12H2,1-2H3/t19-,20-,21+,22+,24+,25+,26-/m0/s1. The molecule has 3 aromatic heterocycles. The van der Waals surface area contributed by atoms with Crippen LogP contribution in [0.4, 0.5) is 13.2 Å². The van der Waals surface area contributed by atoms with Gasteiger partial charge in [-0.3, -0.25) is 0 Å². The average molecular weight is 653 g/mol. The van der Waals surface area contributed by atoms with Gasteiger partial charge in [0.2, 0.25) is 0 Å². The Morgan fingerprint density at radius 2 is 1.62 bits per heavy atom. The van der Waals surface area contributed by atoms with Crippen LogP contribution in [0.3, 0.4) is 0 Å². The van der Waals surface area contributed by atoms with Crippen LogP contribution in [0, 0.1) is 17.5 Å². The first-order valence-corrected chi connectivity index (χ1v) is 15.6. The van der Waals surface area contributed by atoms with Gasteiger partial charge in [0.15, 0.2) is 29.0 Å². The number of aliphatic hydroxyl groups excluding tert-OH is 3. The average Bonchev–Trinajstić information content (AvgIpc) is 3.74. The van der Waals surface area contributed by atoms with E-state index in [1.165, 1.54) is 42.2 Å². The molecule has 5 heterocycles. The first-order chi connectivity index (χ1) is 21.7. The van der Waals surface area contributed by atoms with Gasteiger partial charge in [-0.15, -0.1) is 10.2 Å². The van der Waals surface area contributed by atoms with Crippen LogP contribution in [0.25, 0.3) is 22.8 Å². The van der Waals surface area contributed by atoms with Gasteiger partial charge in [0, 0.05) is 28.9 Å². The molecule has 1 aromatic carbocycles. The summed E-state index contributed by atoms with van der Waals surface area (Å²) in [7, 11) is 1.67. The van der Waals surface area contributed by atoms with E-state index in [2.05, 4.69) is 30.6 Å². The second kappa shape index (κ2) is 13.0. The van der Waals surface area contributed by atoms with Crippen molar-refractivity contribution in [3.8, 4) is 28.5 Å². The smallest absolute Gasteiger partial charge is 0.194 e. The molecule has 0 spiro atoms. The summed E-state index contributed by atoms with van der Waals surface area (Å²) in [6.45, 7) is -0.0555. The third kappa shape index (κ3) is 5.88. The van der Waals surface area contributed by atoms with Crippen molar-refractivity contribution in [3.63, 3.8) is 0 Å². The zero-order chi connectivity index (χ0) is 31.8. The van der Waals surface area contributed by atoms with Crippen molar-refractivity contribution in [2.24, 2.45) is 0 Å². The van der Waals surface area contributed by atoms with Crippen molar-refractivity contribution in [2.75, 3.05) is 39.8 Å². The third-order valence-corrected chi connectivity index (χ3v) is 11.7. The van der Waals surface area contributed by atoms with E-state index in [1.807, 2.05) is 0 Å². The lowest BCUT2D eigenvalue weighted by Gasteiger charge is -2.51. The summed E-state index contributed by atoms with van der Waals surface area (Å²) in [5.74, 6) is -3.18. The Labute approximate surface area is 257 Å². The number of hydrogen-bond donors (Lipinski definition) is 4. The molecule has 1 unspecified atom stereocenters. The number of ether oxygens (including phenoxy) is 3. The topological polar surface area (TPSA) is 176 Å². The lowest BCUT2D eigenvalue weighted by atomic mass is 10.0. The van der Waals surface area contributed by atoms with Crippen molar-refractivity contribution in [2.45, 2.75) is 40.9 Å². The van der Waals surface area contributed by atoms with E-state index < -0.39 is 75.8 Å². The molecule has 18 heteroatoms. The summed E-state index contributed by atoms with van der Waals surface area (Å²) in [5, 5.41) is 48.9. The van der Waals surface area contributed by atoms with Crippen molar-refractivity contribution in [1.29, 1.82) is 0 Å². The largest absolute Gasteiger partial charge is 0.494 e. The SMILES string of the molecule is COc1cnc(-c2cn([C@H]3COC[C@@H]([SH]4C[C@H](OC)[C@@H](n5cc(-c6cc(F)c(F)c(F)c6)nn5)[C@@H](O)[C@H]4CO)[C@@H]3O)nn2)nc1. The predicted octanol–water partition coefficient (Wildman–Crippen LogP) is 0.713. The minimum atomic E-state index is -1.60. The van der Waals surface area contributed by atoms with Gasteiger partial charge in [0.05, 0.1) is 70.0 Å². The summed E-state index contributed by atoms with van der Waals surface area (Å²) in [6.07, 6.45) is 3.19. The zero-order valence-corrected chi connectivity index (χ0v) is 25.0. The summed E-state index contributed by atoms with van der Waals surface area (Å²) < 4.78 is 60.8. The number of aromatic nitrogens is 8. The third-order valence-electron chi connectivity index (χ3n) is 8.26. The molecule has 3 N–H and O–H groups in total. The van der Waals surface area contributed by atoms with Crippen LogP contribution < -0.4 is 4.74 Å². The molecule has 14 nitrogen and oxygen atoms in total. The van der Waals surface area contributed by atoms with Crippen LogP contribution in [-0.2, 0) is 9.47 Å². The van der Waals surface area contributed by atoms with Gasteiger partial charge in [-0.05, 0) is 12.1 Å². The summed E-state index contributed by atoms with van der Waals surface area (Å²) in [4.78, 5) is 8.45. The van der Waals surface area contributed by atoms with Crippen molar-refractivity contribution >= 4 is 10.9 Å². The molecule has 8 atom stereocenters. The number of benzene rings is 1. The number of thiol groups is 1. The Morgan fingerprint density at radius 3 is 2.29 bits per heavy atom. The van der Waals surface area contributed by atoms with E-state index >= 15 is 0 Å².